The average molecular weight is 212 g/mol. The maximum absolute atomic E-state index is 5.90. The molecule has 0 N–H and O–H groups in total. The molecule has 0 aromatic carbocycles. The summed E-state index contributed by atoms with van der Waals surface area (Å²) < 4.78 is 11.6. The Bertz CT molecular complexity index is 225. The largest absolute Gasteiger partial charge is 0.493 e. The molecule has 0 aliphatic carbocycles. The summed E-state index contributed by atoms with van der Waals surface area (Å²) in [5.74, 6) is 1.46. The highest BCUT2D eigenvalue weighted by Gasteiger charge is 2.33. The molecule has 1 saturated heterocycles. The molecule has 0 spiro atoms. The van der Waals surface area contributed by atoms with Crippen LogP contribution in [0.4, 0.5) is 0 Å². The summed E-state index contributed by atoms with van der Waals surface area (Å²) in [6, 6.07) is 0. The summed E-state index contributed by atoms with van der Waals surface area (Å²) in [7, 11) is 0. The third-order valence-corrected chi connectivity index (χ3v) is 2.38. The zero-order valence-corrected chi connectivity index (χ0v) is 10.7. The van der Waals surface area contributed by atoms with E-state index in [1.165, 1.54) is 0 Å². The fourth-order valence-corrected chi connectivity index (χ4v) is 1.92. The predicted molar refractivity (Wildman–Crippen MR) is 62.7 cm³/mol. The van der Waals surface area contributed by atoms with Crippen molar-refractivity contribution in [3.63, 3.8) is 0 Å². The molecule has 2 nitrogen and oxygen atoms in total. The Hall–Kier alpha value is -0.500. The van der Waals surface area contributed by atoms with Gasteiger partial charge in [-0.1, -0.05) is 20.4 Å². The van der Waals surface area contributed by atoms with Crippen LogP contribution in [0.25, 0.3) is 0 Å². The minimum absolute atomic E-state index is 0.0775. The van der Waals surface area contributed by atoms with E-state index in [1.807, 2.05) is 0 Å². The van der Waals surface area contributed by atoms with E-state index in [4.69, 9.17) is 9.47 Å². The maximum Gasteiger partial charge on any atom is 0.118 e. The number of rotatable bonds is 3. The van der Waals surface area contributed by atoms with Crippen LogP contribution in [0.1, 0.15) is 47.5 Å². The minimum atomic E-state index is -0.121. The summed E-state index contributed by atoms with van der Waals surface area (Å²) in [5, 5.41) is 0. The molecule has 2 atom stereocenters. The summed E-state index contributed by atoms with van der Waals surface area (Å²) in [5.41, 5.74) is -0.121. The summed E-state index contributed by atoms with van der Waals surface area (Å²) >= 11 is 0. The molecule has 0 aromatic heterocycles. The monoisotopic (exact) mass is 212 g/mol. The van der Waals surface area contributed by atoms with Crippen LogP contribution < -0.4 is 0 Å². The van der Waals surface area contributed by atoms with Crippen molar-refractivity contribution >= 4 is 0 Å². The van der Waals surface area contributed by atoms with Crippen molar-refractivity contribution in [3.8, 4) is 0 Å². The normalized spacial score (nSPS) is 27.2. The number of hydrogen-bond donors (Lipinski definition) is 0. The summed E-state index contributed by atoms with van der Waals surface area (Å²) in [6.45, 7) is 14.6. The Morgan fingerprint density at radius 3 is 2.53 bits per heavy atom. The van der Waals surface area contributed by atoms with Crippen molar-refractivity contribution in [2.24, 2.45) is 5.92 Å². The quantitative estimate of drug-likeness (QED) is 0.712. The van der Waals surface area contributed by atoms with Crippen LogP contribution >= 0.6 is 0 Å². The summed E-state index contributed by atoms with van der Waals surface area (Å²) in [6.07, 6.45) is 2.41. The fourth-order valence-electron chi connectivity index (χ4n) is 1.92. The minimum Gasteiger partial charge on any atom is -0.493 e. The average Bonchev–Trinajstić information content (AvgIpc) is 2.26. The number of ether oxygens (including phenoxy) is 2. The van der Waals surface area contributed by atoms with Crippen LogP contribution in [-0.2, 0) is 9.47 Å². The Balaban J connectivity index is 2.46. The molecule has 1 rings (SSSR count). The molecule has 0 amide bonds. The van der Waals surface area contributed by atoms with Crippen LogP contribution in [0, 0.1) is 5.92 Å². The van der Waals surface area contributed by atoms with Crippen LogP contribution in [-0.4, -0.2) is 17.8 Å². The molecule has 1 heterocycles. The lowest BCUT2D eigenvalue weighted by Gasteiger charge is -2.23. The first-order valence-electron chi connectivity index (χ1n) is 5.81. The van der Waals surface area contributed by atoms with Gasteiger partial charge in [-0.25, -0.2) is 0 Å². The van der Waals surface area contributed by atoms with Gasteiger partial charge in [-0.2, -0.15) is 0 Å². The van der Waals surface area contributed by atoms with Crippen molar-refractivity contribution in [2.45, 2.75) is 65.3 Å². The zero-order valence-electron chi connectivity index (χ0n) is 10.7. The van der Waals surface area contributed by atoms with Crippen LogP contribution in [0.3, 0.4) is 0 Å². The molecule has 88 valence electrons. The van der Waals surface area contributed by atoms with E-state index < -0.39 is 0 Å². The van der Waals surface area contributed by atoms with Gasteiger partial charge in [-0.15, -0.1) is 0 Å². The first kappa shape index (κ1) is 12.6. The van der Waals surface area contributed by atoms with Gasteiger partial charge in [0.1, 0.15) is 18.0 Å². The molecule has 0 radical (unpaired) electrons. The van der Waals surface area contributed by atoms with Gasteiger partial charge >= 0.3 is 0 Å². The fraction of sp³-hybridized carbons (Fsp3) is 0.846. The molecule has 1 aliphatic heterocycles. The van der Waals surface area contributed by atoms with E-state index in [0.717, 1.165) is 18.6 Å². The lowest BCUT2D eigenvalue weighted by Crippen LogP contribution is -2.26. The zero-order chi connectivity index (χ0) is 11.6. The Morgan fingerprint density at radius 1 is 1.47 bits per heavy atom. The SMILES string of the molecule is C=C1O[C@H](CC(C)C)C[C@H]1OC(C)(C)C. The van der Waals surface area contributed by atoms with Crippen LogP contribution in [0.2, 0.25) is 0 Å². The smallest absolute Gasteiger partial charge is 0.118 e. The topological polar surface area (TPSA) is 18.5 Å². The van der Waals surface area contributed by atoms with E-state index >= 15 is 0 Å². The van der Waals surface area contributed by atoms with Crippen molar-refractivity contribution in [1.82, 2.24) is 0 Å². The van der Waals surface area contributed by atoms with Gasteiger partial charge in [-0.3, -0.25) is 0 Å². The van der Waals surface area contributed by atoms with Crippen LogP contribution in [0.15, 0.2) is 12.3 Å². The second-order valence-corrected chi connectivity index (χ2v) is 5.79. The molecule has 0 aromatic rings. The van der Waals surface area contributed by atoms with Crippen molar-refractivity contribution < 1.29 is 9.47 Å². The first-order valence-corrected chi connectivity index (χ1v) is 5.81. The molecular formula is C13H24O2. The van der Waals surface area contributed by atoms with E-state index in [-0.39, 0.29) is 11.7 Å². The third kappa shape index (κ3) is 4.25. The molecular weight excluding hydrogens is 188 g/mol. The highest BCUT2D eigenvalue weighted by molar-refractivity contribution is 5.02. The second kappa shape index (κ2) is 4.56. The third-order valence-electron chi connectivity index (χ3n) is 2.38. The van der Waals surface area contributed by atoms with Gasteiger partial charge in [0.2, 0.25) is 0 Å². The van der Waals surface area contributed by atoms with Crippen molar-refractivity contribution in [2.75, 3.05) is 0 Å². The highest BCUT2D eigenvalue weighted by atomic mass is 16.6. The Labute approximate surface area is 93.7 Å². The van der Waals surface area contributed by atoms with Crippen molar-refractivity contribution in [1.29, 1.82) is 0 Å². The lowest BCUT2D eigenvalue weighted by molar-refractivity contribution is -0.0433. The van der Waals surface area contributed by atoms with E-state index in [0.29, 0.717) is 12.0 Å². The Kier molecular flexibility index (Phi) is 3.82. The molecule has 0 unspecified atom stereocenters. The van der Waals surface area contributed by atoms with E-state index in [2.05, 4.69) is 41.2 Å². The van der Waals surface area contributed by atoms with Gasteiger partial charge in [0.05, 0.1) is 5.60 Å². The van der Waals surface area contributed by atoms with Gasteiger partial charge in [0.15, 0.2) is 0 Å². The molecule has 15 heavy (non-hydrogen) atoms. The molecule has 0 bridgehead atoms. The standard InChI is InChI=1S/C13H24O2/c1-9(2)7-11-8-12(10(3)14-11)15-13(4,5)6/h9,11-12H,3,7-8H2,1-2,4-6H3/t11-,12-/m1/s1. The molecule has 1 aliphatic rings. The van der Waals surface area contributed by atoms with E-state index in [9.17, 15) is 0 Å². The molecule has 0 saturated carbocycles. The van der Waals surface area contributed by atoms with E-state index in [1.54, 1.807) is 0 Å². The predicted octanol–water partition coefficient (Wildman–Crippen LogP) is 3.52. The lowest BCUT2D eigenvalue weighted by atomic mass is 10.0. The summed E-state index contributed by atoms with van der Waals surface area (Å²) in [4.78, 5) is 0. The first-order chi connectivity index (χ1) is 6.78. The Morgan fingerprint density at radius 2 is 2.07 bits per heavy atom. The van der Waals surface area contributed by atoms with Crippen LogP contribution in [0.5, 0.6) is 0 Å². The molecule has 2 heteroatoms. The second-order valence-electron chi connectivity index (χ2n) is 5.79. The number of hydrogen-bond acceptors (Lipinski definition) is 2. The van der Waals surface area contributed by atoms with Gasteiger partial charge in [0.25, 0.3) is 0 Å². The molecule has 1 fully saturated rings. The highest BCUT2D eigenvalue weighted by Crippen LogP contribution is 2.31. The van der Waals surface area contributed by atoms with Crippen molar-refractivity contribution in [3.05, 3.63) is 12.3 Å². The van der Waals surface area contributed by atoms with Gasteiger partial charge < -0.3 is 9.47 Å². The van der Waals surface area contributed by atoms with Gasteiger partial charge in [-0.05, 0) is 33.1 Å². The van der Waals surface area contributed by atoms with Gasteiger partial charge in [0, 0.05) is 6.42 Å². The maximum atomic E-state index is 5.90.